The molecule has 10 heteroatoms. The van der Waals surface area contributed by atoms with Gasteiger partial charge in [-0.25, -0.2) is 4.39 Å². The van der Waals surface area contributed by atoms with Crippen LogP contribution < -0.4 is 16.1 Å². The molecule has 0 saturated carbocycles. The predicted molar refractivity (Wildman–Crippen MR) is 124 cm³/mol. The molecule has 4 rings (SSSR count). The molecule has 33 heavy (non-hydrogen) atoms. The van der Waals surface area contributed by atoms with Gasteiger partial charge >= 0.3 is 7.12 Å². The van der Waals surface area contributed by atoms with Crippen LogP contribution in [-0.2, 0) is 16.4 Å². The number of amides is 2. The lowest BCUT2D eigenvalue weighted by Gasteiger charge is -2.32. The Labute approximate surface area is 191 Å². The van der Waals surface area contributed by atoms with E-state index < -0.39 is 30.0 Å². The Bertz CT molecular complexity index is 1250. The number of anilines is 1. The first-order valence-corrected chi connectivity index (χ1v) is 10.6. The van der Waals surface area contributed by atoms with Crippen LogP contribution in [0.2, 0.25) is 0 Å². The molecule has 2 N–H and O–H groups in total. The van der Waals surface area contributed by atoms with E-state index in [0.717, 1.165) is 0 Å². The van der Waals surface area contributed by atoms with Gasteiger partial charge < -0.3 is 19.9 Å². The van der Waals surface area contributed by atoms with Crippen molar-refractivity contribution in [3.63, 3.8) is 0 Å². The summed E-state index contributed by atoms with van der Waals surface area (Å²) in [6.45, 7) is 7.55. The average Bonchev–Trinajstić information content (AvgIpc) is 3.20. The zero-order chi connectivity index (χ0) is 24.1. The monoisotopic (exact) mass is 452 g/mol. The number of hydrogen-bond donors (Lipinski definition) is 2. The lowest BCUT2D eigenvalue weighted by molar-refractivity contribution is 0.00578. The van der Waals surface area contributed by atoms with E-state index in [1.807, 2.05) is 27.7 Å². The molecular formula is C23H26BFN4O4. The maximum atomic E-state index is 15.8. The Morgan fingerprint density at radius 3 is 2.36 bits per heavy atom. The van der Waals surface area contributed by atoms with Gasteiger partial charge in [0, 0.05) is 30.8 Å². The van der Waals surface area contributed by atoms with E-state index in [0.29, 0.717) is 16.8 Å². The lowest BCUT2D eigenvalue weighted by Crippen LogP contribution is -2.41. The van der Waals surface area contributed by atoms with E-state index in [2.05, 4.69) is 15.7 Å². The summed E-state index contributed by atoms with van der Waals surface area (Å²) in [6.07, 6.45) is 0. The van der Waals surface area contributed by atoms with E-state index in [9.17, 15) is 9.59 Å². The highest BCUT2D eigenvalue weighted by Gasteiger charge is 2.52. The SMILES string of the molecule is CNC(=O)c1cccc(NC(=O)c2nn(C)c3ccc(B4OC(C)(C)C(C)(C)O4)c(F)c23)c1. The van der Waals surface area contributed by atoms with Crippen molar-refractivity contribution in [3.05, 3.63) is 53.5 Å². The Hall–Kier alpha value is -3.24. The van der Waals surface area contributed by atoms with E-state index in [-0.39, 0.29) is 22.5 Å². The average molecular weight is 452 g/mol. The second-order valence-electron chi connectivity index (χ2n) is 9.04. The van der Waals surface area contributed by atoms with Crippen molar-refractivity contribution in [1.29, 1.82) is 0 Å². The van der Waals surface area contributed by atoms with E-state index >= 15 is 4.39 Å². The highest BCUT2D eigenvalue weighted by molar-refractivity contribution is 6.62. The van der Waals surface area contributed by atoms with Gasteiger partial charge in [-0.1, -0.05) is 12.1 Å². The molecule has 1 aromatic heterocycles. The van der Waals surface area contributed by atoms with Gasteiger partial charge in [0.15, 0.2) is 5.69 Å². The Morgan fingerprint density at radius 2 is 1.73 bits per heavy atom. The molecule has 0 unspecified atom stereocenters. The Morgan fingerprint density at radius 1 is 1.06 bits per heavy atom. The number of nitrogens with one attached hydrogen (secondary N) is 2. The van der Waals surface area contributed by atoms with Crippen LogP contribution in [0.5, 0.6) is 0 Å². The molecule has 2 amide bonds. The van der Waals surface area contributed by atoms with Gasteiger partial charge in [0.2, 0.25) is 0 Å². The summed E-state index contributed by atoms with van der Waals surface area (Å²) in [5, 5.41) is 9.56. The van der Waals surface area contributed by atoms with E-state index in [1.165, 1.54) is 17.8 Å². The second kappa shape index (κ2) is 7.96. The minimum absolute atomic E-state index is 0.0738. The van der Waals surface area contributed by atoms with Crippen LogP contribution in [0.4, 0.5) is 10.1 Å². The minimum Gasteiger partial charge on any atom is -0.399 e. The topological polar surface area (TPSA) is 94.5 Å². The van der Waals surface area contributed by atoms with Crippen molar-refractivity contribution in [2.24, 2.45) is 7.05 Å². The molecule has 0 radical (unpaired) electrons. The number of rotatable bonds is 4. The molecule has 1 fully saturated rings. The molecule has 0 bridgehead atoms. The normalized spacial score (nSPS) is 16.8. The molecular weight excluding hydrogens is 426 g/mol. The van der Waals surface area contributed by atoms with Crippen molar-refractivity contribution < 1.29 is 23.3 Å². The van der Waals surface area contributed by atoms with Gasteiger partial charge in [0.05, 0.1) is 22.1 Å². The van der Waals surface area contributed by atoms with Crippen LogP contribution >= 0.6 is 0 Å². The number of halogens is 1. The maximum Gasteiger partial charge on any atom is 0.497 e. The zero-order valence-electron chi connectivity index (χ0n) is 19.4. The number of hydrogen-bond acceptors (Lipinski definition) is 5. The van der Waals surface area contributed by atoms with Crippen molar-refractivity contribution in [3.8, 4) is 0 Å². The summed E-state index contributed by atoms with van der Waals surface area (Å²) in [6, 6.07) is 9.73. The molecule has 1 saturated heterocycles. The van der Waals surface area contributed by atoms with Crippen LogP contribution in [0.1, 0.15) is 48.5 Å². The predicted octanol–water partition coefficient (Wildman–Crippen LogP) is 2.62. The zero-order valence-corrected chi connectivity index (χ0v) is 19.4. The number of benzene rings is 2. The third-order valence-electron chi connectivity index (χ3n) is 6.32. The summed E-state index contributed by atoms with van der Waals surface area (Å²) in [4.78, 5) is 25.0. The first-order valence-electron chi connectivity index (χ1n) is 10.6. The quantitative estimate of drug-likeness (QED) is 0.594. The van der Waals surface area contributed by atoms with Crippen LogP contribution in [0, 0.1) is 5.82 Å². The molecule has 2 heterocycles. The van der Waals surface area contributed by atoms with Crippen molar-refractivity contribution >= 4 is 41.0 Å². The highest BCUT2D eigenvalue weighted by atomic mass is 19.1. The van der Waals surface area contributed by atoms with Crippen LogP contribution in [0.15, 0.2) is 36.4 Å². The summed E-state index contributed by atoms with van der Waals surface area (Å²) >= 11 is 0. The highest BCUT2D eigenvalue weighted by Crippen LogP contribution is 2.37. The van der Waals surface area contributed by atoms with Gasteiger partial charge in [-0.2, -0.15) is 5.10 Å². The number of nitrogens with zero attached hydrogens (tertiary/aromatic N) is 2. The first kappa shape index (κ1) is 22.9. The van der Waals surface area contributed by atoms with Gasteiger partial charge in [0.1, 0.15) is 5.82 Å². The molecule has 3 aromatic rings. The largest absolute Gasteiger partial charge is 0.497 e. The standard InChI is InChI=1S/C23H26BFN4O4/c1-22(2)23(3,4)33-24(32-22)15-10-11-16-17(18(15)25)19(28-29(16)6)21(31)27-14-9-7-8-13(12-14)20(30)26-5/h7-12H,1-6H3,(H,26,30)(H,27,31). The van der Waals surface area contributed by atoms with E-state index in [4.69, 9.17) is 9.31 Å². The number of carbonyl (C=O) groups excluding carboxylic acids is 2. The van der Waals surface area contributed by atoms with Gasteiger partial charge in [-0.3, -0.25) is 14.3 Å². The van der Waals surface area contributed by atoms with Crippen molar-refractivity contribution in [2.75, 3.05) is 12.4 Å². The lowest BCUT2D eigenvalue weighted by atomic mass is 9.78. The minimum atomic E-state index is -0.917. The van der Waals surface area contributed by atoms with Gasteiger partial charge in [0.25, 0.3) is 11.8 Å². The number of aromatic nitrogens is 2. The molecule has 172 valence electrons. The number of carbonyl (C=O) groups is 2. The first-order chi connectivity index (χ1) is 15.4. The third-order valence-corrected chi connectivity index (χ3v) is 6.32. The molecule has 2 aromatic carbocycles. The van der Waals surface area contributed by atoms with Gasteiger partial charge in [-0.05, 0) is 52.0 Å². The fourth-order valence-electron chi connectivity index (χ4n) is 3.71. The van der Waals surface area contributed by atoms with Crippen molar-refractivity contribution in [1.82, 2.24) is 15.1 Å². The van der Waals surface area contributed by atoms with E-state index in [1.54, 1.807) is 37.4 Å². The second-order valence-corrected chi connectivity index (χ2v) is 9.04. The molecule has 0 spiro atoms. The third kappa shape index (κ3) is 3.89. The smallest absolute Gasteiger partial charge is 0.399 e. The van der Waals surface area contributed by atoms with Crippen LogP contribution in [0.25, 0.3) is 10.9 Å². The number of aryl methyl sites for hydroxylation is 1. The fraction of sp³-hybridized carbons (Fsp3) is 0.348. The molecule has 0 aliphatic carbocycles. The number of fused-ring (bicyclic) bond motifs is 1. The summed E-state index contributed by atoms with van der Waals surface area (Å²) in [7, 11) is 2.24. The summed E-state index contributed by atoms with van der Waals surface area (Å²) in [5.74, 6) is -1.50. The van der Waals surface area contributed by atoms with Crippen molar-refractivity contribution in [2.45, 2.75) is 38.9 Å². The molecule has 0 atom stereocenters. The maximum absolute atomic E-state index is 15.8. The molecule has 1 aliphatic rings. The molecule has 1 aliphatic heterocycles. The fourth-order valence-corrected chi connectivity index (χ4v) is 3.71. The Kier molecular flexibility index (Phi) is 5.54. The Balaban J connectivity index is 1.71. The summed E-state index contributed by atoms with van der Waals surface area (Å²) in [5.41, 5.74) is 0.0852. The van der Waals surface area contributed by atoms with Gasteiger partial charge in [-0.15, -0.1) is 0 Å². The summed E-state index contributed by atoms with van der Waals surface area (Å²) < 4.78 is 29.2. The van der Waals surface area contributed by atoms with Crippen LogP contribution in [0.3, 0.4) is 0 Å². The van der Waals surface area contributed by atoms with Crippen LogP contribution in [-0.4, -0.2) is 47.0 Å². The molecule has 8 nitrogen and oxygen atoms in total.